The molecule has 0 aliphatic heterocycles. The smallest absolute Gasteiger partial charge is 0.147 e. The van der Waals surface area contributed by atoms with Gasteiger partial charge in [-0.1, -0.05) is 0 Å². The van der Waals surface area contributed by atoms with Gasteiger partial charge in [0.25, 0.3) is 0 Å². The van der Waals surface area contributed by atoms with Crippen LogP contribution in [0.5, 0.6) is 0 Å². The van der Waals surface area contributed by atoms with E-state index >= 15 is 0 Å². The van der Waals surface area contributed by atoms with Crippen LogP contribution >= 0.6 is 24.8 Å². The average molecular weight is 511 g/mol. The second-order valence-corrected chi connectivity index (χ2v) is 37.5. The summed E-state index contributed by atoms with van der Waals surface area (Å²) in [4.78, 5) is 0. The molecular weight excluding hydrogens is 478 g/mol. The minimum atomic E-state index is -3.19. The Hall–Kier alpha value is -0.400. The number of halogens is 2. The molecule has 0 aromatic heterocycles. The Balaban J connectivity index is 0.00000140. The van der Waals surface area contributed by atoms with Crippen molar-refractivity contribution in [2.75, 3.05) is 0 Å². The van der Waals surface area contributed by atoms with Gasteiger partial charge in [0, 0.05) is 0 Å². The minimum Gasteiger partial charge on any atom is -0.147 e. The Kier molecular flexibility index (Phi) is 7.82. The fraction of sp³-hybridized carbons (Fsp3) is 0.333. The molecule has 150 valence electrons. The predicted molar refractivity (Wildman–Crippen MR) is 130 cm³/mol. The largest absolute Gasteiger partial charge is 0.147 e. The van der Waals surface area contributed by atoms with Gasteiger partial charge >= 0.3 is 162 Å². The summed E-state index contributed by atoms with van der Waals surface area (Å²) in [6, 6.07) is 18.2. The Labute approximate surface area is 185 Å². The van der Waals surface area contributed by atoms with E-state index < -0.39 is 17.4 Å². The summed E-state index contributed by atoms with van der Waals surface area (Å²) < 4.78 is 5.57. The van der Waals surface area contributed by atoms with Crippen LogP contribution in [0.1, 0.15) is 55.7 Å². The summed E-state index contributed by atoms with van der Waals surface area (Å²) in [5.41, 5.74) is 6.11. The second-order valence-electron chi connectivity index (χ2n) is 8.91. The summed E-state index contributed by atoms with van der Waals surface area (Å²) in [7, 11) is 0. The second kappa shape index (κ2) is 9.17. The van der Waals surface area contributed by atoms with Crippen LogP contribution in [0.2, 0.25) is 8.76 Å². The number of hydrogen-bond acceptors (Lipinski definition) is 0. The molecule has 0 radical (unpaired) electrons. The van der Waals surface area contributed by atoms with Gasteiger partial charge in [-0.3, -0.25) is 0 Å². The Morgan fingerprint density at radius 3 is 1.71 bits per heavy atom. The van der Waals surface area contributed by atoms with Crippen molar-refractivity contribution in [1.29, 1.82) is 0 Å². The molecule has 2 aromatic rings. The third-order valence-corrected chi connectivity index (χ3v) is 30.3. The third-order valence-electron chi connectivity index (χ3n) is 6.96. The average Bonchev–Trinajstić information content (AvgIpc) is 3.27. The molecule has 0 saturated carbocycles. The first-order chi connectivity index (χ1) is 12.5. The van der Waals surface area contributed by atoms with Crippen LogP contribution in [-0.2, 0) is 17.4 Å². The van der Waals surface area contributed by atoms with E-state index in [0.29, 0.717) is 7.25 Å². The van der Waals surface area contributed by atoms with Crippen molar-refractivity contribution >= 4 is 43.8 Å². The van der Waals surface area contributed by atoms with E-state index in [0.717, 1.165) is 0 Å². The van der Waals surface area contributed by atoms with Crippen molar-refractivity contribution in [2.45, 2.75) is 42.2 Å². The fourth-order valence-corrected chi connectivity index (χ4v) is 25.8. The molecule has 0 spiro atoms. The topological polar surface area (TPSA) is 0 Å². The van der Waals surface area contributed by atoms with Crippen molar-refractivity contribution in [3.05, 3.63) is 82.9 Å². The van der Waals surface area contributed by atoms with Crippen molar-refractivity contribution in [3.63, 3.8) is 0 Å². The minimum absolute atomic E-state index is 0. The molecule has 0 N–H and O–H groups in total. The molecule has 2 aliphatic rings. The maximum atomic E-state index is 2.77. The molecule has 2 aromatic carbocycles. The van der Waals surface area contributed by atoms with Crippen molar-refractivity contribution in [1.82, 2.24) is 0 Å². The normalized spacial score (nSPS) is 19.5. The van der Waals surface area contributed by atoms with E-state index in [2.05, 4.69) is 91.3 Å². The van der Waals surface area contributed by atoms with Gasteiger partial charge in [-0.25, -0.2) is 0 Å². The Bertz CT molecular complexity index is 895. The van der Waals surface area contributed by atoms with Crippen molar-refractivity contribution < 1.29 is 17.4 Å². The van der Waals surface area contributed by atoms with Gasteiger partial charge in [-0.15, -0.1) is 24.8 Å². The molecule has 0 bridgehead atoms. The maximum absolute atomic E-state index is 3.19. The monoisotopic (exact) mass is 508 g/mol. The summed E-state index contributed by atoms with van der Waals surface area (Å²) in [5, 5.41) is 0. The number of fused-ring (bicyclic) bond motifs is 2. The van der Waals surface area contributed by atoms with E-state index in [1.54, 1.807) is 11.1 Å². The van der Waals surface area contributed by atoms with Gasteiger partial charge in [-0.05, 0) is 0 Å². The van der Waals surface area contributed by atoms with Crippen LogP contribution in [-0.4, -0.2) is 6.88 Å². The van der Waals surface area contributed by atoms with Crippen LogP contribution in [0.25, 0.3) is 12.2 Å². The molecule has 4 rings (SSSR count). The summed E-state index contributed by atoms with van der Waals surface area (Å²) >= 11 is -3.19. The van der Waals surface area contributed by atoms with Crippen molar-refractivity contribution in [2.24, 2.45) is 0 Å². The molecule has 0 saturated heterocycles. The number of allylic oxidation sites excluding steroid dienone is 2. The standard InChI is InChI=1S/2C9H7.C5H11.CH3.2ClH.H2Si.Zr/c2*1-2-5-9-7-3-6-8(9)4-1;1-3-5-4-2;;;;;/h2*1-7H;1,3-5H2,2H3;1H3;2*1H;1H2;. The molecule has 0 amide bonds. The number of rotatable bonds is 6. The summed E-state index contributed by atoms with van der Waals surface area (Å²) in [6.07, 6.45) is 14.0. The molecule has 0 nitrogen and oxygen atoms in total. The summed E-state index contributed by atoms with van der Waals surface area (Å²) in [5.74, 6) is 0. The fourth-order valence-electron chi connectivity index (χ4n) is 5.39. The quantitative estimate of drug-likeness (QED) is 0.283. The van der Waals surface area contributed by atoms with Crippen LogP contribution in [0.3, 0.4) is 0 Å². The van der Waals surface area contributed by atoms with Gasteiger partial charge in [0.1, 0.15) is 0 Å². The maximum Gasteiger partial charge on any atom is -0.147 e. The zero-order chi connectivity index (χ0) is 18.2. The van der Waals surface area contributed by atoms with Crippen molar-refractivity contribution in [3.8, 4) is 0 Å². The first kappa shape index (κ1) is 23.9. The van der Waals surface area contributed by atoms with Gasteiger partial charge in [0.15, 0.2) is 0 Å². The molecule has 2 unspecified atom stereocenters. The SMILES string of the molecule is CCCC[CH2][Zr]([CH3])(=[SiH2])([CH]1C=Cc2ccccc21)[CH]1C=Cc2ccccc21.Cl.Cl. The first-order valence-electron chi connectivity index (χ1n) is 10.1. The number of unbranched alkanes of at least 4 members (excludes halogenated alkanes) is 2. The zero-order valence-corrected chi connectivity index (χ0v) is 22.4. The Morgan fingerprint density at radius 1 is 0.786 bits per heavy atom. The third kappa shape index (κ3) is 3.95. The predicted octanol–water partition coefficient (Wildman–Crippen LogP) is 7.26. The molecule has 2 aliphatic carbocycles. The zero-order valence-electron chi connectivity index (χ0n) is 16.9. The molecular formula is C24H32Cl2SiZr. The van der Waals surface area contributed by atoms with Gasteiger partial charge in [0.05, 0.1) is 0 Å². The van der Waals surface area contributed by atoms with Gasteiger partial charge in [-0.2, -0.15) is 0 Å². The van der Waals surface area contributed by atoms with E-state index in [1.165, 1.54) is 34.5 Å². The Morgan fingerprint density at radius 2 is 1.25 bits per heavy atom. The van der Waals surface area contributed by atoms with Crippen LogP contribution in [0.4, 0.5) is 0 Å². The molecule has 0 fully saturated rings. The van der Waals surface area contributed by atoms with E-state index in [-0.39, 0.29) is 24.8 Å². The molecule has 4 heteroatoms. The molecule has 0 heterocycles. The molecule has 28 heavy (non-hydrogen) atoms. The van der Waals surface area contributed by atoms with E-state index in [1.807, 2.05) is 0 Å². The number of hydrogen-bond donors (Lipinski definition) is 0. The first-order valence-corrected chi connectivity index (χ1v) is 23.1. The van der Waals surface area contributed by atoms with Gasteiger partial charge in [0.2, 0.25) is 0 Å². The summed E-state index contributed by atoms with van der Waals surface area (Å²) in [6.45, 7) is 4.81. The van der Waals surface area contributed by atoms with E-state index in [9.17, 15) is 0 Å². The van der Waals surface area contributed by atoms with Crippen LogP contribution < -0.4 is 0 Å². The van der Waals surface area contributed by atoms with Gasteiger partial charge < -0.3 is 0 Å². The van der Waals surface area contributed by atoms with Crippen LogP contribution in [0, 0.1) is 0 Å². The van der Waals surface area contributed by atoms with E-state index in [4.69, 9.17) is 0 Å². The number of benzene rings is 2. The molecule has 2 atom stereocenters. The van der Waals surface area contributed by atoms with Crippen LogP contribution in [0.15, 0.2) is 60.7 Å².